The van der Waals surface area contributed by atoms with Crippen LogP contribution in [0.3, 0.4) is 0 Å². The van der Waals surface area contributed by atoms with E-state index in [1.807, 2.05) is 65.6 Å². The minimum Gasteiger partial charge on any atom is -0.490 e. The number of hydrogen-bond acceptors (Lipinski definition) is 4. The van der Waals surface area contributed by atoms with Crippen LogP contribution in [0.1, 0.15) is 37.7 Å². The van der Waals surface area contributed by atoms with Crippen LogP contribution >= 0.6 is 11.8 Å². The largest absolute Gasteiger partial charge is 0.490 e. The van der Waals surface area contributed by atoms with E-state index < -0.39 is 0 Å². The lowest BCUT2D eigenvalue weighted by molar-refractivity contribution is -0.124. The second kappa shape index (κ2) is 9.81. The molecule has 0 radical (unpaired) electrons. The standard InChI is InChI=1S/C25H26N2O2S/c1-2-17-29-22-15-13-19(14-16-22)18-23-24(28)27(21-11-7-4-8-12-21)25(30-23)26-20-9-5-3-6-10-20/h2-3,5-6,9-10,13-16,18,21H,1,4,7-8,11-12,17H2/b23-18-,26-25?. The van der Waals surface area contributed by atoms with Crippen LogP contribution in [-0.4, -0.2) is 28.6 Å². The van der Waals surface area contributed by atoms with Crippen LogP contribution in [0.25, 0.3) is 6.08 Å². The maximum absolute atomic E-state index is 13.3. The van der Waals surface area contributed by atoms with Gasteiger partial charge in [0.1, 0.15) is 12.4 Å². The van der Waals surface area contributed by atoms with Crippen molar-refractivity contribution in [3.05, 3.63) is 77.7 Å². The van der Waals surface area contributed by atoms with Crippen LogP contribution in [-0.2, 0) is 4.79 Å². The molecule has 4 nitrogen and oxygen atoms in total. The molecule has 0 atom stereocenters. The quantitative estimate of drug-likeness (QED) is 0.415. The molecule has 1 aliphatic carbocycles. The molecule has 0 bridgehead atoms. The van der Waals surface area contributed by atoms with Crippen molar-refractivity contribution in [3.8, 4) is 5.75 Å². The van der Waals surface area contributed by atoms with Crippen molar-refractivity contribution in [2.75, 3.05) is 6.61 Å². The summed E-state index contributed by atoms with van der Waals surface area (Å²) in [5.74, 6) is 0.853. The number of carbonyl (C=O) groups excluding carboxylic acids is 1. The molecule has 0 aromatic heterocycles. The molecule has 2 aromatic carbocycles. The van der Waals surface area contributed by atoms with E-state index in [4.69, 9.17) is 9.73 Å². The van der Waals surface area contributed by atoms with Gasteiger partial charge in [-0.1, -0.05) is 62.2 Å². The Morgan fingerprint density at radius 1 is 1.07 bits per heavy atom. The van der Waals surface area contributed by atoms with Crippen molar-refractivity contribution >= 4 is 34.6 Å². The third kappa shape index (κ3) is 4.85. The summed E-state index contributed by atoms with van der Waals surface area (Å²) in [5.41, 5.74) is 1.85. The van der Waals surface area contributed by atoms with E-state index in [-0.39, 0.29) is 11.9 Å². The average molecular weight is 419 g/mol. The summed E-state index contributed by atoms with van der Waals surface area (Å²) < 4.78 is 5.54. The predicted molar refractivity (Wildman–Crippen MR) is 125 cm³/mol. The number of nitrogens with zero attached hydrogens (tertiary/aromatic N) is 2. The molecule has 154 valence electrons. The van der Waals surface area contributed by atoms with Crippen molar-refractivity contribution < 1.29 is 9.53 Å². The molecule has 30 heavy (non-hydrogen) atoms. The van der Waals surface area contributed by atoms with Gasteiger partial charge in [0.05, 0.1) is 10.6 Å². The first-order chi connectivity index (χ1) is 14.7. The first-order valence-electron chi connectivity index (χ1n) is 10.5. The van der Waals surface area contributed by atoms with Gasteiger partial charge in [0, 0.05) is 6.04 Å². The summed E-state index contributed by atoms with van der Waals surface area (Å²) in [7, 11) is 0. The molecule has 1 saturated carbocycles. The van der Waals surface area contributed by atoms with Crippen molar-refractivity contribution in [1.29, 1.82) is 0 Å². The van der Waals surface area contributed by atoms with Gasteiger partial charge in [-0.2, -0.15) is 0 Å². The highest BCUT2D eigenvalue weighted by Crippen LogP contribution is 2.38. The average Bonchev–Trinajstić information content (AvgIpc) is 3.09. The number of hydrogen-bond donors (Lipinski definition) is 0. The maximum Gasteiger partial charge on any atom is 0.267 e. The third-order valence-electron chi connectivity index (χ3n) is 5.30. The highest BCUT2D eigenvalue weighted by atomic mass is 32.2. The number of ether oxygens (including phenoxy) is 1. The monoisotopic (exact) mass is 418 g/mol. The van der Waals surface area contributed by atoms with Crippen molar-refractivity contribution in [1.82, 2.24) is 4.90 Å². The minimum atomic E-state index is 0.0635. The fourth-order valence-electron chi connectivity index (χ4n) is 3.81. The lowest BCUT2D eigenvalue weighted by Crippen LogP contribution is -2.40. The van der Waals surface area contributed by atoms with E-state index >= 15 is 0 Å². The molecular formula is C25H26N2O2S. The minimum absolute atomic E-state index is 0.0635. The van der Waals surface area contributed by atoms with Crippen LogP contribution in [0.4, 0.5) is 5.69 Å². The lowest BCUT2D eigenvalue weighted by atomic mass is 9.94. The van der Waals surface area contributed by atoms with Crippen molar-refractivity contribution in [2.24, 2.45) is 4.99 Å². The molecule has 4 rings (SSSR count). The molecule has 0 unspecified atom stereocenters. The number of thioether (sulfide) groups is 1. The Bertz CT molecular complexity index is 945. The molecule has 0 N–H and O–H groups in total. The molecule has 5 heteroatoms. The Hall–Kier alpha value is -2.79. The van der Waals surface area contributed by atoms with Crippen LogP contribution in [0, 0.1) is 0 Å². The second-order valence-corrected chi connectivity index (χ2v) is 8.49. The lowest BCUT2D eigenvalue weighted by Gasteiger charge is -2.30. The molecule has 2 aromatic rings. The summed E-state index contributed by atoms with van der Waals surface area (Å²) in [6.45, 7) is 4.14. The number of rotatable bonds is 6. The zero-order valence-corrected chi connectivity index (χ0v) is 17.8. The molecule has 2 aliphatic rings. The second-order valence-electron chi connectivity index (χ2n) is 7.48. The summed E-state index contributed by atoms with van der Waals surface area (Å²) >= 11 is 1.47. The van der Waals surface area contributed by atoms with Crippen molar-refractivity contribution in [2.45, 2.75) is 38.1 Å². The van der Waals surface area contributed by atoms with Crippen LogP contribution in [0.5, 0.6) is 5.75 Å². The first kappa shape index (κ1) is 20.5. The van der Waals surface area contributed by atoms with Gasteiger partial charge in [-0.3, -0.25) is 9.69 Å². The Kier molecular flexibility index (Phi) is 6.70. The van der Waals surface area contributed by atoms with Gasteiger partial charge in [0.15, 0.2) is 5.17 Å². The molecule has 1 aliphatic heterocycles. The van der Waals surface area contributed by atoms with E-state index in [0.717, 1.165) is 39.9 Å². The molecule has 1 amide bonds. The van der Waals surface area contributed by atoms with Gasteiger partial charge in [-0.05, 0) is 60.5 Å². The Balaban J connectivity index is 1.61. The van der Waals surface area contributed by atoms with E-state index in [0.29, 0.717) is 6.61 Å². The smallest absolute Gasteiger partial charge is 0.267 e. The van der Waals surface area contributed by atoms with Crippen molar-refractivity contribution in [3.63, 3.8) is 0 Å². The fraction of sp³-hybridized carbons (Fsp3) is 0.280. The van der Waals surface area contributed by atoms with E-state index in [1.54, 1.807) is 6.08 Å². The van der Waals surface area contributed by atoms with Crippen LogP contribution in [0.2, 0.25) is 0 Å². The topological polar surface area (TPSA) is 41.9 Å². The fourth-order valence-corrected chi connectivity index (χ4v) is 4.86. The van der Waals surface area contributed by atoms with E-state index in [1.165, 1.54) is 31.0 Å². The van der Waals surface area contributed by atoms with Crippen LogP contribution < -0.4 is 4.74 Å². The highest BCUT2D eigenvalue weighted by molar-refractivity contribution is 8.18. The number of carbonyl (C=O) groups is 1. The Morgan fingerprint density at radius 3 is 2.50 bits per heavy atom. The number of para-hydroxylation sites is 1. The molecule has 0 spiro atoms. The summed E-state index contributed by atoms with van der Waals surface area (Å²) in [6.07, 6.45) is 9.35. The molecular weight excluding hydrogens is 392 g/mol. The third-order valence-corrected chi connectivity index (χ3v) is 6.29. The maximum atomic E-state index is 13.3. The molecule has 1 saturated heterocycles. The Labute approximate surface area is 182 Å². The SMILES string of the molecule is C=CCOc1ccc(/C=C2\SC(=Nc3ccccc3)N(C3CCCCC3)C2=O)cc1. The number of aliphatic imine (C=N–C) groups is 1. The Morgan fingerprint density at radius 2 is 1.80 bits per heavy atom. The summed E-state index contributed by atoms with van der Waals surface area (Å²) in [6, 6.07) is 17.9. The van der Waals surface area contributed by atoms with Gasteiger partial charge in [0.25, 0.3) is 5.91 Å². The normalized spacial score (nSPS) is 20.1. The molecule has 2 fully saturated rings. The van der Waals surface area contributed by atoms with Gasteiger partial charge in [-0.25, -0.2) is 4.99 Å². The van der Waals surface area contributed by atoms with E-state index in [9.17, 15) is 4.79 Å². The van der Waals surface area contributed by atoms with Gasteiger partial charge in [-0.15, -0.1) is 0 Å². The van der Waals surface area contributed by atoms with Gasteiger partial charge >= 0.3 is 0 Å². The zero-order chi connectivity index (χ0) is 20.8. The highest BCUT2D eigenvalue weighted by Gasteiger charge is 2.38. The zero-order valence-electron chi connectivity index (χ0n) is 17.0. The molecule has 1 heterocycles. The summed E-state index contributed by atoms with van der Waals surface area (Å²) in [4.78, 5) is 20.8. The summed E-state index contributed by atoms with van der Waals surface area (Å²) in [5, 5.41) is 0.787. The van der Waals surface area contributed by atoms with Crippen LogP contribution in [0.15, 0.2) is 77.1 Å². The number of benzene rings is 2. The number of amides is 1. The van der Waals surface area contributed by atoms with Gasteiger partial charge in [0.2, 0.25) is 0 Å². The van der Waals surface area contributed by atoms with Gasteiger partial charge < -0.3 is 4.74 Å². The first-order valence-corrected chi connectivity index (χ1v) is 11.3. The predicted octanol–water partition coefficient (Wildman–Crippen LogP) is 6.19. The number of amidine groups is 1. The van der Waals surface area contributed by atoms with E-state index in [2.05, 4.69) is 6.58 Å².